The van der Waals surface area contributed by atoms with Gasteiger partial charge in [0, 0.05) is 43.0 Å². The van der Waals surface area contributed by atoms with Crippen molar-refractivity contribution in [3.63, 3.8) is 0 Å². The van der Waals surface area contributed by atoms with Gasteiger partial charge in [0.1, 0.15) is 17.5 Å². The van der Waals surface area contributed by atoms with E-state index in [9.17, 15) is 27.5 Å². The Kier molecular flexibility index (Phi) is 11.1. The molecule has 12 heteroatoms. The summed E-state index contributed by atoms with van der Waals surface area (Å²) in [6, 6.07) is 4.06. The fourth-order valence-corrected chi connectivity index (χ4v) is 3.51. The van der Waals surface area contributed by atoms with Crippen molar-refractivity contribution >= 4 is 28.6 Å². The Labute approximate surface area is 226 Å². The van der Waals surface area contributed by atoms with Crippen LogP contribution in [0.2, 0.25) is 0 Å². The summed E-state index contributed by atoms with van der Waals surface area (Å²) in [5, 5.41) is 21.9. The zero-order valence-corrected chi connectivity index (χ0v) is 23.2. The molecule has 1 fully saturated rings. The summed E-state index contributed by atoms with van der Waals surface area (Å²) >= 11 is 0. The highest BCUT2D eigenvalue weighted by Crippen LogP contribution is 2.39. The first-order valence-electron chi connectivity index (χ1n) is 13.0. The molecule has 0 aromatic carbocycles. The molecule has 1 unspecified atom stereocenters. The average Bonchev–Trinajstić information content (AvgIpc) is 3.22. The van der Waals surface area contributed by atoms with Crippen LogP contribution in [-0.4, -0.2) is 55.9 Å². The van der Waals surface area contributed by atoms with Crippen LogP contribution in [0.25, 0.3) is 5.52 Å². The van der Waals surface area contributed by atoms with Crippen LogP contribution in [0.1, 0.15) is 71.2 Å². The van der Waals surface area contributed by atoms with Gasteiger partial charge in [0.2, 0.25) is 0 Å². The van der Waals surface area contributed by atoms with Crippen molar-refractivity contribution in [3.8, 4) is 0 Å². The van der Waals surface area contributed by atoms with E-state index < -0.39 is 42.0 Å². The average molecular weight is 555 g/mol. The minimum Gasteiger partial charge on any atom is -0.387 e. The second-order valence-corrected chi connectivity index (χ2v) is 9.62. The maximum absolute atomic E-state index is 14.0. The number of alkyl halides is 3. The normalized spacial score (nSPS) is 15.2. The third-order valence-corrected chi connectivity index (χ3v) is 5.55. The number of nitrogens with zero attached hydrogens (tertiary/aromatic N) is 3. The van der Waals surface area contributed by atoms with Gasteiger partial charge in [-0.25, -0.2) is 27.1 Å². The minimum absolute atomic E-state index is 0.0287. The lowest BCUT2D eigenvalue weighted by Crippen LogP contribution is -2.45. The van der Waals surface area contributed by atoms with Crippen LogP contribution in [0.4, 0.5) is 34.8 Å². The van der Waals surface area contributed by atoms with E-state index >= 15 is 0 Å². The Morgan fingerprint density at radius 3 is 2.46 bits per heavy atom. The summed E-state index contributed by atoms with van der Waals surface area (Å²) in [6.07, 6.45) is 2.62. The Morgan fingerprint density at radius 1 is 1.23 bits per heavy atom. The van der Waals surface area contributed by atoms with Crippen molar-refractivity contribution in [2.24, 2.45) is 0 Å². The van der Waals surface area contributed by atoms with Crippen LogP contribution >= 0.6 is 0 Å². The lowest BCUT2D eigenvalue weighted by Gasteiger charge is -2.36. The van der Waals surface area contributed by atoms with E-state index in [0.29, 0.717) is 5.69 Å². The van der Waals surface area contributed by atoms with Crippen molar-refractivity contribution in [2.75, 3.05) is 17.2 Å². The van der Waals surface area contributed by atoms with Crippen molar-refractivity contribution in [1.29, 1.82) is 0 Å². The summed E-state index contributed by atoms with van der Waals surface area (Å²) in [5.74, 6) is -3.68. The number of hydrogen-bond donors (Lipinski definition) is 4. The Morgan fingerprint density at radius 2 is 1.87 bits per heavy atom. The van der Waals surface area contributed by atoms with Gasteiger partial charge in [-0.05, 0) is 26.0 Å². The summed E-state index contributed by atoms with van der Waals surface area (Å²) < 4.78 is 55.9. The lowest BCUT2D eigenvalue weighted by molar-refractivity contribution is -0.0793. The smallest absolute Gasteiger partial charge is 0.255 e. The van der Waals surface area contributed by atoms with E-state index in [2.05, 4.69) is 39.9 Å². The number of rotatable bonds is 8. The number of pyridine rings is 2. The molecule has 0 aliphatic heterocycles. The predicted molar refractivity (Wildman–Crippen MR) is 145 cm³/mol. The monoisotopic (exact) mass is 554 g/mol. The zero-order chi connectivity index (χ0) is 29.4. The number of nitrogens with one attached hydrogen (secondary N) is 3. The largest absolute Gasteiger partial charge is 0.387 e. The molecule has 3 heterocycles. The molecule has 0 radical (unpaired) electrons. The molecule has 39 heavy (non-hydrogen) atoms. The van der Waals surface area contributed by atoms with Gasteiger partial charge in [0.15, 0.2) is 5.82 Å². The number of carbonyl (C=O) groups is 1. The third-order valence-electron chi connectivity index (χ3n) is 5.55. The number of aliphatic hydroxyl groups is 1. The molecule has 1 saturated carbocycles. The van der Waals surface area contributed by atoms with Crippen molar-refractivity contribution in [2.45, 2.75) is 84.5 Å². The van der Waals surface area contributed by atoms with Gasteiger partial charge in [-0.15, -0.1) is 0 Å². The fraction of sp³-hybridized carbons (Fsp3) is 0.519. The number of anilines is 3. The second-order valence-electron chi connectivity index (χ2n) is 9.62. The van der Waals surface area contributed by atoms with Crippen LogP contribution in [0.15, 0.2) is 36.8 Å². The molecule has 1 atom stereocenters. The highest BCUT2D eigenvalue weighted by Gasteiger charge is 2.45. The summed E-state index contributed by atoms with van der Waals surface area (Å²) in [4.78, 5) is 16.9. The SMILES string of the molecule is CC.CC(C)(O)C(F)CNC(=O)c1cnc(Nc2ccn3ncc(F)c3c2)cc1NC1CC(F)(F)C1.CCC. The van der Waals surface area contributed by atoms with Crippen LogP contribution < -0.4 is 16.0 Å². The van der Waals surface area contributed by atoms with Crippen LogP contribution in [0.5, 0.6) is 0 Å². The van der Waals surface area contributed by atoms with Crippen molar-refractivity contribution in [1.82, 2.24) is 19.9 Å². The fourth-order valence-electron chi connectivity index (χ4n) is 3.51. The van der Waals surface area contributed by atoms with Crippen molar-refractivity contribution in [3.05, 3.63) is 48.2 Å². The van der Waals surface area contributed by atoms with Crippen LogP contribution in [-0.2, 0) is 0 Å². The highest BCUT2D eigenvalue weighted by atomic mass is 19.3. The highest BCUT2D eigenvalue weighted by molar-refractivity contribution is 6.00. The molecule has 1 aliphatic carbocycles. The standard InChI is InChI=1S/C22H24F4N6O2.C3H8.C2H6/c1-21(2,34)18(24)11-28-20(33)14-9-27-19(6-16(14)30-13-7-22(25,26)8-13)31-12-3-4-32-17(5-12)15(23)10-29-32;1-3-2;1-2/h3-6,9-10,13,18,34H,7-8,11H2,1-2H3,(H,28,33)(H2,27,30,31);3H2,1-2H3;1-2H3. The molecule has 3 aromatic heterocycles. The zero-order valence-electron chi connectivity index (χ0n) is 23.2. The topological polar surface area (TPSA) is 104 Å². The van der Waals surface area contributed by atoms with E-state index in [1.165, 1.54) is 43.1 Å². The third kappa shape index (κ3) is 8.81. The summed E-state index contributed by atoms with van der Waals surface area (Å²) in [5.41, 5.74) is -0.660. The Hall–Kier alpha value is -3.41. The molecular formula is C27H38F4N6O2. The lowest BCUT2D eigenvalue weighted by atomic mass is 9.88. The first-order valence-corrected chi connectivity index (χ1v) is 13.0. The minimum atomic E-state index is -2.77. The van der Waals surface area contributed by atoms with Gasteiger partial charge in [-0.3, -0.25) is 4.79 Å². The molecule has 8 nitrogen and oxygen atoms in total. The first kappa shape index (κ1) is 31.8. The molecule has 1 aliphatic rings. The number of carbonyl (C=O) groups excluding carboxylic acids is 1. The van der Waals surface area contributed by atoms with E-state index in [4.69, 9.17) is 0 Å². The molecule has 1 amide bonds. The number of halogens is 4. The molecule has 0 saturated heterocycles. The van der Waals surface area contributed by atoms with Gasteiger partial charge in [0.05, 0.1) is 29.6 Å². The second kappa shape index (κ2) is 13.6. The van der Waals surface area contributed by atoms with Gasteiger partial charge < -0.3 is 21.1 Å². The van der Waals surface area contributed by atoms with Gasteiger partial charge in [-0.2, -0.15) is 5.10 Å². The molecule has 4 rings (SSSR count). The van der Waals surface area contributed by atoms with Gasteiger partial charge >= 0.3 is 0 Å². The quantitative estimate of drug-likeness (QED) is 0.251. The summed E-state index contributed by atoms with van der Waals surface area (Å²) in [6.45, 7) is 10.4. The van der Waals surface area contributed by atoms with Gasteiger partial charge in [0.25, 0.3) is 11.8 Å². The molecule has 4 N–H and O–H groups in total. The number of fused-ring (bicyclic) bond motifs is 1. The van der Waals surface area contributed by atoms with Crippen LogP contribution in [0, 0.1) is 5.82 Å². The maximum atomic E-state index is 14.0. The number of aromatic nitrogens is 3. The molecular weight excluding hydrogens is 516 g/mol. The molecule has 216 valence electrons. The van der Waals surface area contributed by atoms with E-state index in [1.807, 2.05) is 13.8 Å². The molecule has 0 bridgehead atoms. The van der Waals surface area contributed by atoms with Crippen molar-refractivity contribution < 1.29 is 27.5 Å². The van der Waals surface area contributed by atoms with Gasteiger partial charge in [-0.1, -0.05) is 34.1 Å². The number of amides is 1. The van der Waals surface area contributed by atoms with E-state index in [0.717, 1.165) is 6.20 Å². The number of hydrogen-bond acceptors (Lipinski definition) is 6. The van der Waals surface area contributed by atoms with E-state index in [1.54, 1.807) is 12.3 Å². The first-order chi connectivity index (χ1) is 18.3. The Balaban J connectivity index is 0.000000998. The predicted octanol–water partition coefficient (Wildman–Crippen LogP) is 6.10. The Bertz CT molecular complexity index is 1220. The maximum Gasteiger partial charge on any atom is 0.255 e. The molecule has 0 spiro atoms. The molecule has 3 aromatic rings. The van der Waals surface area contributed by atoms with E-state index in [-0.39, 0.29) is 35.4 Å². The summed E-state index contributed by atoms with van der Waals surface area (Å²) in [7, 11) is 0. The van der Waals surface area contributed by atoms with Crippen LogP contribution in [0.3, 0.4) is 0 Å².